The lowest BCUT2D eigenvalue weighted by atomic mass is 9.93. The Hall–Kier alpha value is -1.48. The molecule has 0 bridgehead atoms. The Labute approximate surface area is 80.4 Å². The van der Waals surface area contributed by atoms with Crippen LogP contribution < -0.4 is 0 Å². The normalized spacial score (nSPS) is 19.6. The zero-order valence-corrected chi connectivity index (χ0v) is 8.12. The fraction of sp³-hybridized carbons (Fsp3) is 0.231. The molecule has 0 amide bonds. The van der Waals surface area contributed by atoms with Crippen molar-refractivity contribution in [3.05, 3.63) is 48.1 Å². The summed E-state index contributed by atoms with van der Waals surface area (Å²) in [5.41, 5.74) is 1.28. The molecule has 0 nitrogen and oxygen atoms in total. The summed E-state index contributed by atoms with van der Waals surface area (Å²) in [6.07, 6.45) is 19.3. The van der Waals surface area contributed by atoms with E-state index in [1.165, 1.54) is 0 Å². The van der Waals surface area contributed by atoms with Crippen LogP contribution in [0, 0.1) is 17.8 Å². The molecule has 1 rings (SSSR count). The minimum Gasteiger partial charge on any atom is -0.115 e. The minimum atomic E-state index is 0.141. The van der Waals surface area contributed by atoms with Gasteiger partial charge in [0.15, 0.2) is 0 Å². The molecule has 0 heterocycles. The van der Waals surface area contributed by atoms with E-state index in [0.717, 1.165) is 5.57 Å². The topological polar surface area (TPSA) is 0 Å². The van der Waals surface area contributed by atoms with Crippen molar-refractivity contribution in [3.63, 3.8) is 0 Å². The van der Waals surface area contributed by atoms with Gasteiger partial charge < -0.3 is 0 Å². The van der Waals surface area contributed by atoms with Crippen molar-refractivity contribution in [1.82, 2.24) is 0 Å². The van der Waals surface area contributed by atoms with Gasteiger partial charge in [-0.3, -0.25) is 0 Å². The second kappa shape index (κ2) is 3.96. The van der Waals surface area contributed by atoms with Crippen molar-refractivity contribution >= 4 is 0 Å². The molecule has 0 heteroatoms. The van der Waals surface area contributed by atoms with Gasteiger partial charge in [-0.25, -0.2) is 0 Å². The quantitative estimate of drug-likeness (QED) is 0.530. The molecule has 13 heavy (non-hydrogen) atoms. The van der Waals surface area contributed by atoms with Crippen LogP contribution in [0.4, 0.5) is 0 Å². The average Bonchev–Trinajstić information content (AvgIpc) is 2.23. The fourth-order valence-corrected chi connectivity index (χ4v) is 1.08. The second-order valence-corrected chi connectivity index (χ2v) is 3.68. The number of rotatable bonds is 1. The third kappa shape index (κ3) is 3.17. The molecule has 0 spiro atoms. The highest BCUT2D eigenvalue weighted by molar-refractivity contribution is 5.39. The lowest BCUT2D eigenvalue weighted by Gasteiger charge is -2.12. The van der Waals surface area contributed by atoms with E-state index < -0.39 is 0 Å². The molecule has 0 radical (unpaired) electrons. The van der Waals surface area contributed by atoms with Gasteiger partial charge >= 0.3 is 0 Å². The van der Waals surface area contributed by atoms with Gasteiger partial charge in [-0.05, 0) is 17.7 Å². The van der Waals surface area contributed by atoms with E-state index in [2.05, 4.69) is 50.1 Å². The van der Waals surface area contributed by atoms with Crippen LogP contribution >= 0.6 is 0 Å². The van der Waals surface area contributed by atoms with Crippen molar-refractivity contribution in [2.45, 2.75) is 13.8 Å². The Morgan fingerprint density at radius 2 is 2.15 bits per heavy atom. The zero-order valence-electron chi connectivity index (χ0n) is 8.12. The van der Waals surface area contributed by atoms with Crippen LogP contribution in [-0.2, 0) is 0 Å². The van der Waals surface area contributed by atoms with Gasteiger partial charge in [0.05, 0.1) is 0 Å². The highest BCUT2D eigenvalue weighted by Crippen LogP contribution is 2.22. The maximum absolute atomic E-state index is 5.13. The summed E-state index contributed by atoms with van der Waals surface area (Å²) in [4.78, 5) is 0. The van der Waals surface area contributed by atoms with Crippen LogP contribution in [0.2, 0.25) is 0 Å². The van der Waals surface area contributed by atoms with Crippen molar-refractivity contribution in [1.29, 1.82) is 0 Å². The maximum atomic E-state index is 5.13. The summed E-state index contributed by atoms with van der Waals surface area (Å²) in [6.45, 7) is 4.34. The van der Waals surface area contributed by atoms with Gasteiger partial charge in [-0.1, -0.05) is 50.1 Å². The molecule has 0 aromatic carbocycles. The van der Waals surface area contributed by atoms with Gasteiger partial charge in [0.25, 0.3) is 0 Å². The first kappa shape index (κ1) is 9.61. The molecule has 0 aromatic heterocycles. The predicted molar refractivity (Wildman–Crippen MR) is 58.1 cm³/mol. The summed E-state index contributed by atoms with van der Waals surface area (Å²) >= 11 is 0. The van der Waals surface area contributed by atoms with E-state index in [-0.39, 0.29) is 5.41 Å². The Morgan fingerprint density at radius 1 is 1.38 bits per heavy atom. The molecule has 0 unspecified atom stereocenters. The maximum Gasteiger partial charge on any atom is 0.00109 e. The highest BCUT2D eigenvalue weighted by atomic mass is 14.1. The van der Waals surface area contributed by atoms with Crippen LogP contribution in [0.1, 0.15) is 13.8 Å². The Morgan fingerprint density at radius 3 is 2.85 bits per heavy atom. The molecule has 0 atom stereocenters. The van der Waals surface area contributed by atoms with E-state index in [4.69, 9.17) is 6.42 Å². The Kier molecular flexibility index (Phi) is 2.93. The first-order valence-electron chi connectivity index (χ1n) is 4.35. The van der Waals surface area contributed by atoms with Crippen molar-refractivity contribution in [3.8, 4) is 12.3 Å². The molecule has 0 aromatic rings. The number of hydrogen-bond acceptors (Lipinski definition) is 0. The van der Waals surface area contributed by atoms with E-state index in [0.29, 0.717) is 0 Å². The molecule has 1 aliphatic carbocycles. The molecular formula is C13H14. The summed E-state index contributed by atoms with van der Waals surface area (Å²) < 4.78 is 0. The third-order valence-electron chi connectivity index (χ3n) is 1.89. The SMILES string of the molecule is C#CC=CC1=CC=CC(C)(C)C=C1. The standard InChI is InChI=1S/C13H14/c1-4-5-7-12-8-6-10-13(2,3)11-9-12/h1,5-11H,2-3H3. The zero-order chi connectivity index (χ0) is 9.73. The monoisotopic (exact) mass is 170 g/mol. The molecule has 0 N–H and O–H groups in total. The van der Waals surface area contributed by atoms with Crippen LogP contribution in [0.15, 0.2) is 48.1 Å². The molecule has 0 fully saturated rings. The van der Waals surface area contributed by atoms with E-state index >= 15 is 0 Å². The lowest BCUT2D eigenvalue weighted by molar-refractivity contribution is 0.627. The van der Waals surface area contributed by atoms with Gasteiger partial charge in [0.1, 0.15) is 0 Å². The molecule has 0 saturated heterocycles. The molecule has 1 aliphatic rings. The molecule has 66 valence electrons. The lowest BCUT2D eigenvalue weighted by Crippen LogP contribution is -2.00. The van der Waals surface area contributed by atoms with Crippen LogP contribution in [0.3, 0.4) is 0 Å². The predicted octanol–water partition coefficient (Wildman–Crippen LogP) is 3.25. The fourth-order valence-electron chi connectivity index (χ4n) is 1.08. The summed E-state index contributed by atoms with van der Waals surface area (Å²) in [6, 6.07) is 0. The van der Waals surface area contributed by atoms with E-state index in [1.54, 1.807) is 6.08 Å². The highest BCUT2D eigenvalue weighted by Gasteiger charge is 2.09. The van der Waals surface area contributed by atoms with E-state index in [9.17, 15) is 0 Å². The van der Waals surface area contributed by atoms with Crippen molar-refractivity contribution in [2.24, 2.45) is 5.41 Å². The summed E-state index contributed by atoms with van der Waals surface area (Å²) in [5.74, 6) is 2.48. The van der Waals surface area contributed by atoms with Gasteiger partial charge in [0.2, 0.25) is 0 Å². The number of allylic oxidation sites excluding steroid dienone is 8. The summed E-state index contributed by atoms with van der Waals surface area (Å²) in [5, 5.41) is 0. The van der Waals surface area contributed by atoms with Gasteiger partial charge in [-0.15, -0.1) is 6.42 Å². The third-order valence-corrected chi connectivity index (χ3v) is 1.89. The van der Waals surface area contributed by atoms with Crippen LogP contribution in [-0.4, -0.2) is 0 Å². The van der Waals surface area contributed by atoms with Crippen LogP contribution in [0.25, 0.3) is 0 Å². The van der Waals surface area contributed by atoms with Gasteiger partial charge in [-0.2, -0.15) is 0 Å². The van der Waals surface area contributed by atoms with Crippen LogP contribution in [0.5, 0.6) is 0 Å². The smallest absolute Gasteiger partial charge is 0.00109 e. The molecule has 0 saturated carbocycles. The first-order chi connectivity index (χ1) is 6.14. The average molecular weight is 170 g/mol. The molecular weight excluding hydrogens is 156 g/mol. The van der Waals surface area contributed by atoms with Gasteiger partial charge in [0, 0.05) is 5.41 Å². The Bertz CT molecular complexity index is 328. The first-order valence-corrected chi connectivity index (χ1v) is 4.35. The molecule has 0 aliphatic heterocycles. The Balaban J connectivity index is 2.84. The minimum absolute atomic E-state index is 0.141. The number of terminal acetylenes is 1. The van der Waals surface area contributed by atoms with Crippen molar-refractivity contribution in [2.75, 3.05) is 0 Å². The van der Waals surface area contributed by atoms with Crippen molar-refractivity contribution < 1.29 is 0 Å². The summed E-state index contributed by atoms with van der Waals surface area (Å²) in [7, 11) is 0. The largest absolute Gasteiger partial charge is 0.115 e. The number of hydrogen-bond donors (Lipinski definition) is 0. The second-order valence-electron chi connectivity index (χ2n) is 3.68. The van der Waals surface area contributed by atoms with E-state index in [1.807, 2.05) is 6.08 Å².